The Morgan fingerprint density at radius 3 is 2.88 bits per heavy atom. The van der Waals surface area contributed by atoms with Gasteiger partial charge in [0.15, 0.2) is 0 Å². The van der Waals surface area contributed by atoms with Gasteiger partial charge in [-0.2, -0.15) is 5.26 Å². The molecule has 86 valence electrons. The van der Waals surface area contributed by atoms with Crippen LogP contribution in [0.15, 0.2) is 18.2 Å². The van der Waals surface area contributed by atoms with Crippen molar-refractivity contribution >= 4 is 17.3 Å². The van der Waals surface area contributed by atoms with E-state index in [1.54, 1.807) is 25.3 Å². The van der Waals surface area contributed by atoms with Gasteiger partial charge in [-0.05, 0) is 24.6 Å². The summed E-state index contributed by atoms with van der Waals surface area (Å²) in [5.41, 5.74) is 1.38. The van der Waals surface area contributed by atoms with Crippen LogP contribution in [0.2, 0.25) is 5.02 Å². The molecule has 0 aliphatic heterocycles. The zero-order chi connectivity index (χ0) is 12.0. The minimum Gasteiger partial charge on any atom is -0.383 e. The molecule has 3 nitrogen and oxygen atoms in total. The van der Waals surface area contributed by atoms with Gasteiger partial charge in [0.05, 0.1) is 28.9 Å². The van der Waals surface area contributed by atoms with E-state index in [9.17, 15) is 0 Å². The molecule has 1 aromatic carbocycles. The molecule has 0 saturated heterocycles. The molecule has 0 spiro atoms. The van der Waals surface area contributed by atoms with E-state index in [2.05, 4.69) is 18.3 Å². The molecule has 0 fully saturated rings. The molecule has 0 aromatic heterocycles. The van der Waals surface area contributed by atoms with Crippen LogP contribution in [-0.2, 0) is 4.74 Å². The Balaban J connectivity index is 2.82. The van der Waals surface area contributed by atoms with Crippen LogP contribution in [0, 0.1) is 11.3 Å². The summed E-state index contributed by atoms with van der Waals surface area (Å²) in [5.74, 6) is 0. The van der Waals surface area contributed by atoms with Crippen molar-refractivity contribution in [3.63, 3.8) is 0 Å². The fraction of sp³-hybridized carbons (Fsp3) is 0.417. The Kier molecular flexibility index (Phi) is 5.10. The normalized spacial score (nSPS) is 11.9. The van der Waals surface area contributed by atoms with Crippen LogP contribution in [0.4, 0.5) is 5.69 Å². The van der Waals surface area contributed by atoms with Gasteiger partial charge >= 0.3 is 0 Å². The smallest absolute Gasteiger partial charge is 0.0992 e. The highest BCUT2D eigenvalue weighted by Crippen LogP contribution is 2.23. The zero-order valence-electron chi connectivity index (χ0n) is 9.46. The maximum Gasteiger partial charge on any atom is 0.0992 e. The largest absolute Gasteiger partial charge is 0.383 e. The lowest BCUT2D eigenvalue weighted by molar-refractivity contribution is 0.184. The van der Waals surface area contributed by atoms with Gasteiger partial charge in [0, 0.05) is 13.2 Å². The van der Waals surface area contributed by atoms with Gasteiger partial charge in [-0.25, -0.2) is 0 Å². The van der Waals surface area contributed by atoms with Crippen LogP contribution in [0.25, 0.3) is 0 Å². The number of ether oxygens (including phenoxy) is 1. The van der Waals surface area contributed by atoms with Crippen LogP contribution >= 0.6 is 11.6 Å². The van der Waals surface area contributed by atoms with Gasteiger partial charge in [0.2, 0.25) is 0 Å². The molecule has 1 atom stereocenters. The molecule has 16 heavy (non-hydrogen) atoms. The third-order valence-electron chi connectivity index (χ3n) is 2.32. The lowest BCUT2D eigenvalue weighted by Gasteiger charge is -2.18. The molecular weight excluding hydrogens is 224 g/mol. The second-order valence-corrected chi connectivity index (χ2v) is 3.92. The highest BCUT2D eigenvalue weighted by Gasteiger charge is 2.08. The van der Waals surface area contributed by atoms with E-state index in [0.29, 0.717) is 17.2 Å². The molecule has 0 aliphatic rings. The van der Waals surface area contributed by atoms with Crippen molar-refractivity contribution in [3.05, 3.63) is 28.8 Å². The molecule has 1 unspecified atom stereocenters. The van der Waals surface area contributed by atoms with E-state index in [-0.39, 0.29) is 6.04 Å². The van der Waals surface area contributed by atoms with Gasteiger partial charge in [-0.1, -0.05) is 18.5 Å². The Hall–Kier alpha value is -1.24. The molecule has 0 radical (unpaired) electrons. The lowest BCUT2D eigenvalue weighted by atomic mass is 10.2. The topological polar surface area (TPSA) is 45.0 Å². The van der Waals surface area contributed by atoms with Crippen LogP contribution in [-0.4, -0.2) is 19.8 Å². The monoisotopic (exact) mass is 238 g/mol. The molecular formula is C12H15ClN2O. The summed E-state index contributed by atoms with van der Waals surface area (Å²) in [6.45, 7) is 2.68. The lowest BCUT2D eigenvalue weighted by Crippen LogP contribution is -2.24. The third kappa shape index (κ3) is 3.41. The molecule has 0 aliphatic carbocycles. The minimum atomic E-state index is 0.205. The highest BCUT2D eigenvalue weighted by atomic mass is 35.5. The predicted octanol–water partition coefficient (Wildman–Crippen LogP) is 3.05. The number of hydrogen-bond donors (Lipinski definition) is 1. The van der Waals surface area contributed by atoms with Crippen molar-refractivity contribution in [2.45, 2.75) is 19.4 Å². The number of anilines is 1. The maximum absolute atomic E-state index is 8.80. The van der Waals surface area contributed by atoms with Gasteiger partial charge in [0.1, 0.15) is 0 Å². The van der Waals surface area contributed by atoms with Crippen molar-refractivity contribution in [3.8, 4) is 6.07 Å². The first-order chi connectivity index (χ1) is 7.71. The van der Waals surface area contributed by atoms with Gasteiger partial charge in [-0.3, -0.25) is 0 Å². The van der Waals surface area contributed by atoms with Crippen LogP contribution in [0.5, 0.6) is 0 Å². The number of hydrogen-bond acceptors (Lipinski definition) is 3. The third-order valence-corrected chi connectivity index (χ3v) is 2.65. The average Bonchev–Trinajstić information content (AvgIpc) is 2.31. The summed E-state index contributed by atoms with van der Waals surface area (Å²) in [7, 11) is 1.66. The molecule has 0 saturated carbocycles. The predicted molar refractivity (Wildman–Crippen MR) is 65.7 cm³/mol. The van der Waals surface area contributed by atoms with Gasteiger partial charge < -0.3 is 10.1 Å². The molecule has 0 amide bonds. The van der Waals surface area contributed by atoms with Crippen molar-refractivity contribution < 1.29 is 4.74 Å². The number of methoxy groups -OCH3 is 1. The maximum atomic E-state index is 8.80. The standard InChI is InChI=1S/C12H15ClN2O/c1-3-10(8-16-2)15-12-6-9(7-14)4-5-11(12)13/h4-6,10,15H,3,8H2,1-2H3. The number of rotatable bonds is 5. The molecule has 1 rings (SSSR count). The molecule has 4 heteroatoms. The van der Waals surface area contributed by atoms with Crippen LogP contribution in [0.3, 0.4) is 0 Å². The first-order valence-corrected chi connectivity index (χ1v) is 5.54. The van der Waals surface area contributed by atoms with Crippen LogP contribution in [0.1, 0.15) is 18.9 Å². The van der Waals surface area contributed by atoms with E-state index in [4.69, 9.17) is 21.6 Å². The Labute approximate surface area is 101 Å². The first kappa shape index (κ1) is 12.8. The van der Waals surface area contributed by atoms with Crippen molar-refractivity contribution in [2.24, 2.45) is 0 Å². The Bertz CT molecular complexity index is 387. The van der Waals surface area contributed by atoms with E-state index in [1.807, 2.05) is 0 Å². The zero-order valence-corrected chi connectivity index (χ0v) is 10.2. The molecule has 1 N–H and O–H groups in total. The average molecular weight is 239 g/mol. The number of halogens is 1. The van der Waals surface area contributed by atoms with E-state index in [1.165, 1.54) is 0 Å². The Morgan fingerprint density at radius 2 is 2.31 bits per heavy atom. The Morgan fingerprint density at radius 1 is 1.56 bits per heavy atom. The highest BCUT2D eigenvalue weighted by molar-refractivity contribution is 6.33. The summed E-state index contributed by atoms with van der Waals surface area (Å²) in [6.07, 6.45) is 0.931. The summed E-state index contributed by atoms with van der Waals surface area (Å²) in [4.78, 5) is 0. The minimum absolute atomic E-state index is 0.205. The summed E-state index contributed by atoms with van der Waals surface area (Å²) in [5, 5.41) is 12.7. The summed E-state index contributed by atoms with van der Waals surface area (Å²) in [6, 6.07) is 7.47. The number of benzene rings is 1. The SMILES string of the molecule is CCC(COC)Nc1cc(C#N)ccc1Cl. The fourth-order valence-electron chi connectivity index (χ4n) is 1.39. The van der Waals surface area contributed by atoms with E-state index in [0.717, 1.165) is 12.1 Å². The summed E-state index contributed by atoms with van der Waals surface area (Å²) < 4.78 is 5.09. The van der Waals surface area contributed by atoms with E-state index >= 15 is 0 Å². The van der Waals surface area contributed by atoms with Crippen molar-refractivity contribution in [1.29, 1.82) is 5.26 Å². The second kappa shape index (κ2) is 6.37. The quantitative estimate of drug-likeness (QED) is 0.858. The molecule has 1 aromatic rings. The molecule has 0 heterocycles. The summed E-state index contributed by atoms with van der Waals surface area (Å²) >= 11 is 6.04. The molecule has 0 bridgehead atoms. The second-order valence-electron chi connectivity index (χ2n) is 3.51. The van der Waals surface area contributed by atoms with Crippen LogP contribution < -0.4 is 5.32 Å². The number of nitrogens with zero attached hydrogens (tertiary/aromatic N) is 1. The number of nitriles is 1. The number of nitrogens with one attached hydrogen (secondary N) is 1. The fourth-order valence-corrected chi connectivity index (χ4v) is 1.56. The van der Waals surface area contributed by atoms with E-state index < -0.39 is 0 Å². The van der Waals surface area contributed by atoms with Gasteiger partial charge in [0.25, 0.3) is 0 Å². The first-order valence-electron chi connectivity index (χ1n) is 5.16. The van der Waals surface area contributed by atoms with Crippen molar-refractivity contribution in [2.75, 3.05) is 19.0 Å². The van der Waals surface area contributed by atoms with Crippen molar-refractivity contribution in [1.82, 2.24) is 0 Å². The van der Waals surface area contributed by atoms with Gasteiger partial charge in [-0.15, -0.1) is 0 Å².